The highest BCUT2D eigenvalue weighted by atomic mass is 35.5. The average molecular weight is 474 g/mol. The third-order valence-electron chi connectivity index (χ3n) is 6.73. The highest BCUT2D eigenvalue weighted by Gasteiger charge is 2.38. The summed E-state index contributed by atoms with van der Waals surface area (Å²) in [6, 6.07) is 20.4. The molecule has 0 aliphatic carbocycles. The summed E-state index contributed by atoms with van der Waals surface area (Å²) in [5, 5.41) is 0.735. The molecular weight excluding hydrogens is 446 g/mol. The number of ether oxygens (including phenoxy) is 2. The minimum Gasteiger partial charge on any atom is -0.484 e. The van der Waals surface area contributed by atoms with Crippen molar-refractivity contribution in [3.05, 3.63) is 88.5 Å². The number of hydrogen-bond acceptors (Lipinski definition) is 3. The Bertz CT molecular complexity index is 1220. The molecule has 174 valence electrons. The highest BCUT2D eigenvalue weighted by molar-refractivity contribution is 6.32. The van der Waals surface area contributed by atoms with Gasteiger partial charge in [0.25, 0.3) is 5.91 Å². The summed E-state index contributed by atoms with van der Waals surface area (Å²) in [6.45, 7) is 5.18. The van der Waals surface area contributed by atoms with Gasteiger partial charge in [-0.15, -0.1) is 0 Å². The maximum atomic E-state index is 12.8. The summed E-state index contributed by atoms with van der Waals surface area (Å²) in [5.74, 6) is 1.57. The van der Waals surface area contributed by atoms with Gasteiger partial charge in [0.1, 0.15) is 17.1 Å². The smallest absolute Gasteiger partial charge is 0.260 e. The minimum absolute atomic E-state index is 0.00667. The molecule has 1 amide bonds. The van der Waals surface area contributed by atoms with Crippen LogP contribution in [-0.2, 0) is 4.79 Å². The zero-order chi connectivity index (χ0) is 23.7. The van der Waals surface area contributed by atoms with Gasteiger partial charge in [0, 0.05) is 36.5 Å². The topological polar surface area (TPSA) is 38.8 Å². The van der Waals surface area contributed by atoms with Gasteiger partial charge in [0.2, 0.25) is 0 Å². The van der Waals surface area contributed by atoms with Crippen LogP contribution in [0.4, 0.5) is 0 Å². The molecule has 2 aliphatic heterocycles. The quantitative estimate of drug-likeness (QED) is 0.436. The minimum atomic E-state index is -0.358. The molecule has 1 spiro atoms. The number of fused-ring (bicyclic) bond motifs is 1. The Kier molecular flexibility index (Phi) is 6.09. The van der Waals surface area contributed by atoms with Crippen LogP contribution in [0.15, 0.2) is 66.7 Å². The van der Waals surface area contributed by atoms with Crippen molar-refractivity contribution >= 4 is 23.6 Å². The van der Waals surface area contributed by atoms with Crippen LogP contribution >= 0.6 is 11.6 Å². The van der Waals surface area contributed by atoms with E-state index in [2.05, 4.69) is 42.5 Å². The lowest BCUT2D eigenvalue weighted by Gasteiger charge is -2.42. The third-order valence-corrected chi connectivity index (χ3v) is 7.33. The molecule has 0 bridgehead atoms. The molecule has 34 heavy (non-hydrogen) atoms. The van der Waals surface area contributed by atoms with Gasteiger partial charge in [-0.3, -0.25) is 4.79 Å². The first-order valence-electron chi connectivity index (χ1n) is 11.7. The van der Waals surface area contributed by atoms with E-state index in [1.165, 1.54) is 11.1 Å². The number of rotatable bonds is 4. The first-order valence-corrected chi connectivity index (χ1v) is 12.1. The van der Waals surface area contributed by atoms with E-state index in [0.717, 1.165) is 40.3 Å². The number of halogens is 1. The van der Waals surface area contributed by atoms with Crippen molar-refractivity contribution in [1.82, 2.24) is 4.90 Å². The van der Waals surface area contributed by atoms with Crippen molar-refractivity contribution in [1.29, 1.82) is 0 Å². The van der Waals surface area contributed by atoms with E-state index >= 15 is 0 Å². The van der Waals surface area contributed by atoms with Crippen molar-refractivity contribution in [2.24, 2.45) is 0 Å². The summed E-state index contributed by atoms with van der Waals surface area (Å²) < 4.78 is 12.3. The Labute approximate surface area is 205 Å². The second kappa shape index (κ2) is 9.19. The van der Waals surface area contributed by atoms with Crippen molar-refractivity contribution in [3.8, 4) is 22.6 Å². The number of benzene rings is 3. The van der Waals surface area contributed by atoms with Gasteiger partial charge in [-0.2, -0.15) is 0 Å². The van der Waals surface area contributed by atoms with Crippen LogP contribution in [0.3, 0.4) is 0 Å². The average Bonchev–Trinajstić information content (AvgIpc) is 2.86. The molecule has 0 aromatic heterocycles. The van der Waals surface area contributed by atoms with E-state index in [0.29, 0.717) is 18.8 Å². The zero-order valence-electron chi connectivity index (χ0n) is 19.5. The molecule has 1 fully saturated rings. The Morgan fingerprint density at radius 3 is 2.41 bits per heavy atom. The lowest BCUT2D eigenvalue weighted by Crippen LogP contribution is -2.50. The van der Waals surface area contributed by atoms with Gasteiger partial charge >= 0.3 is 0 Å². The van der Waals surface area contributed by atoms with Crippen LogP contribution in [0, 0.1) is 13.8 Å². The molecule has 1 saturated heterocycles. The van der Waals surface area contributed by atoms with Crippen LogP contribution in [0.2, 0.25) is 5.02 Å². The fraction of sp³-hybridized carbons (Fsp3) is 0.276. The molecule has 0 unspecified atom stereocenters. The van der Waals surface area contributed by atoms with Crippen molar-refractivity contribution in [2.45, 2.75) is 32.3 Å². The number of piperidine rings is 1. The second-order valence-electron chi connectivity index (χ2n) is 9.16. The Morgan fingerprint density at radius 1 is 1.00 bits per heavy atom. The van der Waals surface area contributed by atoms with Gasteiger partial charge in [-0.25, -0.2) is 0 Å². The maximum Gasteiger partial charge on any atom is 0.260 e. The summed E-state index contributed by atoms with van der Waals surface area (Å²) >= 11 is 6.22. The summed E-state index contributed by atoms with van der Waals surface area (Å²) in [4.78, 5) is 14.6. The normalized spacial score (nSPS) is 16.1. The van der Waals surface area contributed by atoms with Gasteiger partial charge < -0.3 is 14.4 Å². The summed E-state index contributed by atoms with van der Waals surface area (Å²) in [5.41, 5.74) is 4.99. The molecule has 0 N–H and O–H groups in total. The van der Waals surface area contributed by atoms with Crippen LogP contribution in [0.5, 0.6) is 11.5 Å². The molecule has 2 heterocycles. The van der Waals surface area contributed by atoms with E-state index in [1.54, 1.807) is 0 Å². The molecule has 5 rings (SSSR count). The fourth-order valence-electron chi connectivity index (χ4n) is 4.71. The van der Waals surface area contributed by atoms with Crippen LogP contribution < -0.4 is 9.47 Å². The third kappa shape index (κ3) is 4.55. The maximum absolute atomic E-state index is 12.8. The molecule has 4 nitrogen and oxygen atoms in total. The Morgan fingerprint density at radius 2 is 1.71 bits per heavy atom. The lowest BCUT2D eigenvalue weighted by atomic mass is 9.87. The van der Waals surface area contributed by atoms with Crippen LogP contribution in [0.1, 0.15) is 29.5 Å². The first-order chi connectivity index (χ1) is 16.4. The molecule has 2 aliphatic rings. The molecule has 0 radical (unpaired) electrons. The van der Waals surface area contributed by atoms with Crippen LogP contribution in [0.25, 0.3) is 17.2 Å². The highest BCUT2D eigenvalue weighted by Crippen LogP contribution is 2.39. The molecular formula is C29H28ClNO3. The number of aryl methyl sites for hydroxylation is 2. The van der Waals surface area contributed by atoms with Gasteiger partial charge in [-0.05, 0) is 66.4 Å². The predicted molar refractivity (Wildman–Crippen MR) is 137 cm³/mol. The van der Waals surface area contributed by atoms with Crippen molar-refractivity contribution in [3.63, 3.8) is 0 Å². The monoisotopic (exact) mass is 473 g/mol. The molecule has 5 heteroatoms. The molecule has 3 aromatic rings. The van der Waals surface area contributed by atoms with E-state index in [-0.39, 0.29) is 18.1 Å². The number of hydrogen-bond donors (Lipinski definition) is 0. The van der Waals surface area contributed by atoms with Crippen molar-refractivity contribution < 1.29 is 14.3 Å². The van der Waals surface area contributed by atoms with E-state index in [1.807, 2.05) is 49.1 Å². The SMILES string of the molecule is Cc1cc(OCC(=O)N2CCC3(C=Cc4cc(-c5ccccc5)ccc4O3)CC2)cc(C)c1Cl. The fourth-order valence-corrected chi connectivity index (χ4v) is 4.81. The number of amides is 1. The predicted octanol–water partition coefficient (Wildman–Crippen LogP) is 6.47. The van der Waals surface area contributed by atoms with Gasteiger partial charge in [-0.1, -0.05) is 54.1 Å². The molecule has 0 atom stereocenters. The van der Waals surface area contributed by atoms with E-state index in [9.17, 15) is 4.79 Å². The lowest BCUT2D eigenvalue weighted by molar-refractivity contribution is -0.136. The van der Waals surface area contributed by atoms with Gasteiger partial charge in [0.15, 0.2) is 6.61 Å². The standard InChI is InChI=1S/C29H28ClNO3/c1-20-16-25(17-21(2)28(20)30)33-19-27(32)31-14-12-29(13-15-31)11-10-24-18-23(8-9-26(24)34-29)22-6-4-3-5-7-22/h3-11,16-18H,12-15,19H2,1-2H3. The van der Waals surface area contributed by atoms with E-state index in [4.69, 9.17) is 21.1 Å². The first kappa shape index (κ1) is 22.5. The Hall–Kier alpha value is -3.24. The summed E-state index contributed by atoms with van der Waals surface area (Å²) in [6.07, 6.45) is 5.85. The Balaban J connectivity index is 1.19. The number of nitrogens with zero attached hydrogens (tertiary/aromatic N) is 1. The molecule has 0 saturated carbocycles. The number of carbonyl (C=O) groups excluding carboxylic acids is 1. The number of likely N-dealkylation sites (tertiary alicyclic amines) is 1. The summed E-state index contributed by atoms with van der Waals surface area (Å²) in [7, 11) is 0. The zero-order valence-corrected chi connectivity index (χ0v) is 20.3. The number of carbonyl (C=O) groups is 1. The molecule has 3 aromatic carbocycles. The van der Waals surface area contributed by atoms with E-state index < -0.39 is 0 Å². The largest absolute Gasteiger partial charge is 0.484 e. The second-order valence-corrected chi connectivity index (χ2v) is 9.54. The van der Waals surface area contributed by atoms with Gasteiger partial charge in [0.05, 0.1) is 0 Å². The van der Waals surface area contributed by atoms with Crippen molar-refractivity contribution in [2.75, 3.05) is 19.7 Å². The van der Waals surface area contributed by atoms with Crippen LogP contribution in [-0.4, -0.2) is 36.1 Å².